The zero-order chi connectivity index (χ0) is 14.6. The Bertz CT molecular complexity index is 453. The molecule has 0 radical (unpaired) electrons. The summed E-state index contributed by atoms with van der Waals surface area (Å²) < 4.78 is 10.6. The quantitative estimate of drug-likeness (QED) is 0.828. The molecule has 2 N–H and O–H groups in total. The number of methoxy groups -OCH3 is 1. The Hall–Kier alpha value is -1.75. The maximum absolute atomic E-state index is 11.9. The maximum Gasteiger partial charge on any atom is 0.260 e. The van der Waals surface area contributed by atoms with Crippen molar-refractivity contribution in [2.45, 2.75) is 37.9 Å². The smallest absolute Gasteiger partial charge is 0.260 e. The Kier molecular flexibility index (Phi) is 4.49. The monoisotopic (exact) mass is 279 g/mol. The number of hydrogen-bond acceptors (Lipinski definition) is 4. The molecule has 1 amide bonds. The van der Waals surface area contributed by atoms with Crippen LogP contribution in [0.25, 0.3) is 0 Å². The van der Waals surface area contributed by atoms with E-state index in [0.29, 0.717) is 12.3 Å². The molecule has 2 rings (SSSR count). The van der Waals surface area contributed by atoms with Crippen molar-refractivity contribution >= 4 is 5.91 Å². The summed E-state index contributed by atoms with van der Waals surface area (Å²) in [5.74, 6) is 1.12. The van der Waals surface area contributed by atoms with E-state index in [0.717, 1.165) is 25.0 Å². The van der Waals surface area contributed by atoms with E-state index in [-0.39, 0.29) is 5.91 Å². The molecular formula is C15H21NO4. The molecule has 110 valence electrons. The molecule has 0 spiro atoms. The average molecular weight is 279 g/mol. The van der Waals surface area contributed by atoms with Crippen molar-refractivity contribution in [1.29, 1.82) is 0 Å². The van der Waals surface area contributed by atoms with Crippen LogP contribution in [0, 0.1) is 0 Å². The second kappa shape index (κ2) is 6.13. The Morgan fingerprint density at radius 1 is 1.35 bits per heavy atom. The van der Waals surface area contributed by atoms with E-state index in [4.69, 9.17) is 9.47 Å². The number of carbonyl (C=O) groups excluding carboxylic acids is 1. The minimum Gasteiger partial charge on any atom is -0.497 e. The summed E-state index contributed by atoms with van der Waals surface area (Å²) in [5, 5.41) is 12.6. The van der Waals surface area contributed by atoms with Crippen LogP contribution in [0.4, 0.5) is 0 Å². The first kappa shape index (κ1) is 14.7. The van der Waals surface area contributed by atoms with E-state index in [1.807, 2.05) is 0 Å². The molecule has 1 aromatic rings. The van der Waals surface area contributed by atoms with Gasteiger partial charge in [0.25, 0.3) is 5.91 Å². The van der Waals surface area contributed by atoms with Gasteiger partial charge in [0.1, 0.15) is 11.5 Å². The molecule has 0 aromatic heterocycles. The van der Waals surface area contributed by atoms with Crippen molar-refractivity contribution in [2.75, 3.05) is 13.7 Å². The van der Waals surface area contributed by atoms with Crippen LogP contribution in [0.3, 0.4) is 0 Å². The van der Waals surface area contributed by atoms with Crippen LogP contribution in [0.2, 0.25) is 0 Å². The van der Waals surface area contributed by atoms with Gasteiger partial charge >= 0.3 is 0 Å². The average Bonchev–Trinajstić information content (AvgIpc) is 2.43. The van der Waals surface area contributed by atoms with Gasteiger partial charge in [-0.05, 0) is 50.5 Å². The van der Waals surface area contributed by atoms with Crippen LogP contribution in [0.5, 0.6) is 11.5 Å². The fourth-order valence-electron chi connectivity index (χ4n) is 2.07. The Morgan fingerprint density at radius 3 is 2.45 bits per heavy atom. The third-order valence-electron chi connectivity index (χ3n) is 3.62. The number of aliphatic hydroxyl groups is 1. The Balaban J connectivity index is 1.80. The van der Waals surface area contributed by atoms with E-state index in [1.165, 1.54) is 0 Å². The first-order chi connectivity index (χ1) is 9.52. The minimum atomic E-state index is -0.713. The number of benzene rings is 1. The molecule has 1 unspecified atom stereocenters. The predicted molar refractivity (Wildman–Crippen MR) is 74.9 cm³/mol. The van der Waals surface area contributed by atoms with Gasteiger partial charge in [-0.25, -0.2) is 0 Å². The Morgan fingerprint density at radius 2 is 1.95 bits per heavy atom. The highest BCUT2D eigenvalue weighted by Crippen LogP contribution is 2.30. The number of hydrogen-bond donors (Lipinski definition) is 2. The topological polar surface area (TPSA) is 67.8 Å². The molecule has 5 heteroatoms. The van der Waals surface area contributed by atoms with E-state index in [1.54, 1.807) is 38.3 Å². The number of rotatable bonds is 6. The zero-order valence-electron chi connectivity index (χ0n) is 11.9. The van der Waals surface area contributed by atoms with Crippen LogP contribution in [0.1, 0.15) is 26.2 Å². The summed E-state index contributed by atoms with van der Waals surface area (Å²) in [5.41, 5.74) is -0.713. The van der Waals surface area contributed by atoms with E-state index < -0.39 is 11.7 Å². The van der Waals surface area contributed by atoms with Gasteiger partial charge in [-0.1, -0.05) is 0 Å². The van der Waals surface area contributed by atoms with Gasteiger partial charge in [0.2, 0.25) is 0 Å². The molecule has 1 aliphatic carbocycles. The lowest BCUT2D eigenvalue weighted by Gasteiger charge is -2.36. The molecule has 0 aliphatic heterocycles. The van der Waals surface area contributed by atoms with Gasteiger partial charge in [-0.2, -0.15) is 0 Å². The summed E-state index contributed by atoms with van der Waals surface area (Å²) in [7, 11) is 1.59. The fraction of sp³-hybridized carbons (Fsp3) is 0.533. The van der Waals surface area contributed by atoms with Gasteiger partial charge in [-0.15, -0.1) is 0 Å². The lowest BCUT2D eigenvalue weighted by molar-refractivity contribution is -0.129. The lowest BCUT2D eigenvalue weighted by Crippen LogP contribution is -2.50. The summed E-state index contributed by atoms with van der Waals surface area (Å²) in [4.78, 5) is 11.9. The summed E-state index contributed by atoms with van der Waals surface area (Å²) in [6.45, 7) is 1.98. The van der Waals surface area contributed by atoms with Crippen molar-refractivity contribution in [3.63, 3.8) is 0 Å². The van der Waals surface area contributed by atoms with E-state index >= 15 is 0 Å². The van der Waals surface area contributed by atoms with E-state index in [9.17, 15) is 9.90 Å². The maximum atomic E-state index is 11.9. The second-order valence-corrected chi connectivity index (χ2v) is 5.23. The molecular weight excluding hydrogens is 258 g/mol. The Labute approximate surface area is 118 Å². The van der Waals surface area contributed by atoms with Crippen LogP contribution >= 0.6 is 0 Å². The fourth-order valence-corrected chi connectivity index (χ4v) is 2.07. The highest BCUT2D eigenvalue weighted by atomic mass is 16.5. The highest BCUT2D eigenvalue weighted by Gasteiger charge is 2.34. The summed E-state index contributed by atoms with van der Waals surface area (Å²) in [6.07, 6.45) is 1.92. The van der Waals surface area contributed by atoms with Crippen molar-refractivity contribution in [2.24, 2.45) is 0 Å². The molecule has 1 aromatic carbocycles. The number of amides is 1. The van der Waals surface area contributed by atoms with Crippen LogP contribution < -0.4 is 14.8 Å². The van der Waals surface area contributed by atoms with Crippen LogP contribution in [-0.4, -0.2) is 36.4 Å². The normalized spacial score (nSPS) is 17.8. The first-order valence-corrected chi connectivity index (χ1v) is 6.83. The van der Waals surface area contributed by atoms with Crippen LogP contribution in [0.15, 0.2) is 24.3 Å². The molecule has 5 nitrogen and oxygen atoms in total. The van der Waals surface area contributed by atoms with Gasteiger partial charge in [0.15, 0.2) is 6.10 Å². The van der Waals surface area contributed by atoms with Gasteiger partial charge in [0, 0.05) is 6.54 Å². The van der Waals surface area contributed by atoms with E-state index in [2.05, 4.69) is 5.32 Å². The van der Waals surface area contributed by atoms with Crippen LogP contribution in [-0.2, 0) is 4.79 Å². The molecule has 1 atom stereocenters. The summed E-state index contributed by atoms with van der Waals surface area (Å²) >= 11 is 0. The SMILES string of the molecule is COc1ccc(OC(C)C(=O)NCC2(O)CCC2)cc1. The van der Waals surface area contributed by atoms with Crippen molar-refractivity contribution in [3.8, 4) is 11.5 Å². The highest BCUT2D eigenvalue weighted by molar-refractivity contribution is 5.80. The lowest BCUT2D eigenvalue weighted by atomic mass is 9.80. The summed E-state index contributed by atoms with van der Waals surface area (Å²) in [6, 6.07) is 7.05. The number of carbonyl (C=O) groups is 1. The number of ether oxygens (including phenoxy) is 2. The molecule has 0 heterocycles. The van der Waals surface area contributed by atoms with Crippen molar-refractivity contribution in [1.82, 2.24) is 5.32 Å². The largest absolute Gasteiger partial charge is 0.497 e. The third-order valence-corrected chi connectivity index (χ3v) is 3.62. The second-order valence-electron chi connectivity index (χ2n) is 5.23. The molecule has 1 saturated carbocycles. The molecule has 0 bridgehead atoms. The van der Waals surface area contributed by atoms with Gasteiger partial charge in [-0.3, -0.25) is 4.79 Å². The molecule has 20 heavy (non-hydrogen) atoms. The standard InChI is InChI=1S/C15H21NO4/c1-11(14(17)16-10-15(18)8-3-9-15)20-13-6-4-12(19-2)5-7-13/h4-7,11,18H,3,8-10H2,1-2H3,(H,16,17). The van der Waals surface area contributed by atoms with Crippen molar-refractivity contribution in [3.05, 3.63) is 24.3 Å². The predicted octanol–water partition coefficient (Wildman–Crippen LogP) is 1.49. The third kappa shape index (κ3) is 3.63. The minimum absolute atomic E-state index is 0.221. The van der Waals surface area contributed by atoms with Gasteiger partial charge in [0.05, 0.1) is 12.7 Å². The van der Waals surface area contributed by atoms with Gasteiger partial charge < -0.3 is 19.9 Å². The first-order valence-electron chi connectivity index (χ1n) is 6.83. The zero-order valence-corrected chi connectivity index (χ0v) is 11.9. The number of nitrogens with one attached hydrogen (secondary N) is 1. The molecule has 1 aliphatic rings. The molecule has 0 saturated heterocycles. The molecule has 1 fully saturated rings. The van der Waals surface area contributed by atoms with Crippen molar-refractivity contribution < 1.29 is 19.4 Å².